The van der Waals surface area contributed by atoms with E-state index in [4.69, 9.17) is 33.2 Å². The van der Waals surface area contributed by atoms with E-state index in [1.54, 1.807) is 19.9 Å². The fourth-order valence-corrected chi connectivity index (χ4v) is 15.9. The monoisotopic (exact) mass is 1070 g/mol. The topological polar surface area (TPSA) is 362 Å². The number of hydrogen-bond acceptors (Lipinski definition) is 21. The number of aliphatic hydroxyl groups excluding tert-OH is 12. The number of aliphatic hydroxyl groups is 12. The Balaban J connectivity index is 1.13. The summed E-state index contributed by atoms with van der Waals surface area (Å²) >= 11 is 0. The number of fused-ring (bicyclic) bond motifs is 7. The van der Waals surface area contributed by atoms with Crippen LogP contribution in [0.3, 0.4) is 0 Å². The number of hydrogen-bond donors (Lipinski definition) is 13. The number of esters is 1. The van der Waals surface area contributed by atoms with Crippen LogP contribution in [0.1, 0.15) is 107 Å². The predicted molar refractivity (Wildman–Crippen MR) is 258 cm³/mol. The van der Waals surface area contributed by atoms with Crippen molar-refractivity contribution in [3.8, 4) is 0 Å². The SMILES string of the molecule is C/C=C(\C)C(=O)O[C@H]1CC(C)(C)C[C@H]2C3=CC[C@@H]4[C@@]5(C)CC[C@H](O[C@@H]6O[C@H](C(=O)O)[C@@H](O)[C@H](O[C@@H]7O[C@H](CO)[C@H](O)[C@H](O)[C@H]7O)[C@H]6O[C@@H]6O[C@H](CO)[C@@H](O)[C@H](O)[C@H]6O)C(C)(C)[C@@H]5CC[C@@]4(C)[C@]3(C)[C@@H](O)[C@@H](O)[C@@]12CO. The maximum Gasteiger partial charge on any atom is 0.335 e. The number of ether oxygens (including phenoxy) is 7. The second-order valence-electron chi connectivity index (χ2n) is 25.2. The van der Waals surface area contributed by atoms with E-state index in [1.165, 1.54) is 0 Å². The van der Waals surface area contributed by atoms with Gasteiger partial charge >= 0.3 is 11.9 Å². The molecule has 0 aromatic carbocycles. The van der Waals surface area contributed by atoms with E-state index in [9.17, 15) is 76.0 Å². The second-order valence-corrected chi connectivity index (χ2v) is 25.2. The molecule has 0 amide bonds. The molecule has 428 valence electrons. The summed E-state index contributed by atoms with van der Waals surface area (Å²) in [5.41, 5.74) is -3.28. The summed E-state index contributed by atoms with van der Waals surface area (Å²) in [6.45, 7) is 15.8. The zero-order valence-corrected chi connectivity index (χ0v) is 44.4. The van der Waals surface area contributed by atoms with Crippen LogP contribution in [0, 0.1) is 50.2 Å². The molecule has 8 rings (SSSR count). The van der Waals surface area contributed by atoms with Gasteiger partial charge in [0.15, 0.2) is 25.0 Å². The largest absolute Gasteiger partial charge is 0.479 e. The number of carboxylic acids is 1. The summed E-state index contributed by atoms with van der Waals surface area (Å²) in [5.74, 6) is -2.87. The molecule has 0 unspecified atom stereocenters. The zero-order valence-electron chi connectivity index (χ0n) is 44.4. The normalized spacial score (nSPS) is 51.5. The quantitative estimate of drug-likeness (QED) is 0.0489. The number of carbonyl (C=O) groups is 2. The number of carbonyl (C=O) groups excluding carboxylic acids is 1. The Morgan fingerprint density at radius 3 is 1.77 bits per heavy atom. The molecule has 3 saturated heterocycles. The minimum Gasteiger partial charge on any atom is -0.479 e. The highest BCUT2D eigenvalue weighted by Gasteiger charge is 2.75. The molecule has 7 fully saturated rings. The standard InChI is InChI=1S/C53H84O22/c1-10-22(2)44(68)71-30-18-48(3,4)17-24-23-11-12-28-50(7)15-14-29(49(5,6)27(50)13-16-51(28,8)52(23,9)41(64)42(65)53(24,30)21-56)72-47-40(75-46-36(62)34(60)32(58)26(20-55)70-46)38(37(63)39(74-47)43(66)67)73-45-35(61)33(59)31(57)25(19-54)69-45/h10-11,24-42,45-47,54-65H,12-21H2,1-9H3,(H,66,67)/b22-10+/t24-,25+,26+,27-,28+,29-,30-,31-,32+,33-,34-,35+,36+,37-,38-,39-,40+,41-,42+,45-,46-,47+,50-,51+,52-,53+/m0/s1. The fraction of sp³-hybridized carbons (Fsp3) is 0.887. The minimum atomic E-state index is -2.17. The average molecular weight is 1070 g/mol. The molecular formula is C53H84O22. The Kier molecular flexibility index (Phi) is 16.5. The van der Waals surface area contributed by atoms with Gasteiger partial charge in [0.2, 0.25) is 0 Å². The van der Waals surface area contributed by atoms with Crippen LogP contribution in [-0.4, -0.2) is 215 Å². The van der Waals surface area contributed by atoms with E-state index < -0.39 is 181 Å². The Hall–Kier alpha value is -2.30. The van der Waals surface area contributed by atoms with E-state index in [0.29, 0.717) is 50.5 Å². The molecule has 26 atom stereocenters. The van der Waals surface area contributed by atoms with Crippen LogP contribution in [0.15, 0.2) is 23.3 Å². The van der Waals surface area contributed by atoms with E-state index in [-0.39, 0.29) is 17.3 Å². The third-order valence-corrected chi connectivity index (χ3v) is 20.5. The molecule has 0 radical (unpaired) electrons. The summed E-state index contributed by atoms with van der Waals surface area (Å²) in [4.78, 5) is 26.3. The van der Waals surface area contributed by atoms with Crippen LogP contribution in [-0.2, 0) is 42.7 Å². The third-order valence-electron chi connectivity index (χ3n) is 20.5. The van der Waals surface area contributed by atoms with Crippen LogP contribution < -0.4 is 0 Å². The Morgan fingerprint density at radius 2 is 1.24 bits per heavy atom. The van der Waals surface area contributed by atoms with Crippen molar-refractivity contribution in [3.63, 3.8) is 0 Å². The molecule has 22 heteroatoms. The summed E-state index contributed by atoms with van der Waals surface area (Å²) < 4.78 is 42.7. The molecule has 8 aliphatic rings. The van der Waals surface area contributed by atoms with Gasteiger partial charge in [-0.3, -0.25) is 0 Å². The first kappa shape index (κ1) is 58.8. The zero-order chi connectivity index (χ0) is 55.4. The predicted octanol–water partition coefficient (Wildman–Crippen LogP) is -0.864. The van der Waals surface area contributed by atoms with Crippen molar-refractivity contribution in [2.24, 2.45) is 50.2 Å². The lowest BCUT2D eigenvalue weighted by Crippen LogP contribution is -2.74. The van der Waals surface area contributed by atoms with Gasteiger partial charge in [-0.2, -0.15) is 0 Å². The summed E-state index contributed by atoms with van der Waals surface area (Å²) in [5, 5.41) is 144. The van der Waals surface area contributed by atoms with Crippen LogP contribution in [0.5, 0.6) is 0 Å². The van der Waals surface area contributed by atoms with Gasteiger partial charge in [-0.1, -0.05) is 66.2 Å². The first-order chi connectivity index (χ1) is 35.0. The third kappa shape index (κ3) is 9.19. The molecule has 0 aromatic heterocycles. The molecule has 4 saturated carbocycles. The molecule has 22 nitrogen and oxygen atoms in total. The highest BCUT2D eigenvalue weighted by molar-refractivity contribution is 5.87. The van der Waals surface area contributed by atoms with Crippen molar-refractivity contribution in [2.45, 2.75) is 224 Å². The van der Waals surface area contributed by atoms with E-state index in [0.717, 1.165) is 5.57 Å². The van der Waals surface area contributed by atoms with Crippen LogP contribution in [0.2, 0.25) is 0 Å². The van der Waals surface area contributed by atoms with E-state index >= 15 is 0 Å². The smallest absolute Gasteiger partial charge is 0.335 e. The fourth-order valence-electron chi connectivity index (χ4n) is 15.9. The van der Waals surface area contributed by atoms with Gasteiger partial charge in [0, 0.05) is 11.0 Å². The van der Waals surface area contributed by atoms with Crippen molar-refractivity contribution in [1.29, 1.82) is 0 Å². The van der Waals surface area contributed by atoms with Gasteiger partial charge in [0.25, 0.3) is 0 Å². The lowest BCUT2D eigenvalue weighted by Gasteiger charge is -2.73. The second kappa shape index (κ2) is 21.0. The highest BCUT2D eigenvalue weighted by Crippen LogP contribution is 2.76. The van der Waals surface area contributed by atoms with E-state index in [1.807, 2.05) is 20.8 Å². The van der Waals surface area contributed by atoms with Gasteiger partial charge in [-0.15, -0.1) is 0 Å². The first-order valence-corrected chi connectivity index (χ1v) is 26.6. The number of rotatable bonds is 12. The van der Waals surface area contributed by atoms with Crippen LogP contribution in [0.25, 0.3) is 0 Å². The summed E-state index contributed by atoms with van der Waals surface area (Å²) in [6.07, 6.45) is -25.3. The molecular weight excluding hydrogens is 989 g/mol. The Labute approximate surface area is 437 Å². The van der Waals surface area contributed by atoms with Gasteiger partial charge in [0.1, 0.15) is 73.2 Å². The summed E-state index contributed by atoms with van der Waals surface area (Å²) in [6, 6.07) is 0. The van der Waals surface area contributed by atoms with Gasteiger partial charge in [0.05, 0.1) is 43.5 Å². The first-order valence-electron chi connectivity index (χ1n) is 26.6. The van der Waals surface area contributed by atoms with Gasteiger partial charge < -0.3 is 99.5 Å². The maximum atomic E-state index is 13.4. The summed E-state index contributed by atoms with van der Waals surface area (Å²) in [7, 11) is 0. The van der Waals surface area contributed by atoms with Crippen molar-refractivity contribution >= 4 is 11.9 Å². The molecule has 0 spiro atoms. The van der Waals surface area contributed by atoms with Crippen molar-refractivity contribution in [1.82, 2.24) is 0 Å². The van der Waals surface area contributed by atoms with Gasteiger partial charge in [-0.05, 0) is 98.2 Å². The number of carboxylic acid groups (broad SMARTS) is 1. The Morgan fingerprint density at radius 1 is 0.667 bits per heavy atom. The van der Waals surface area contributed by atoms with Crippen LogP contribution in [0.4, 0.5) is 0 Å². The number of aliphatic carboxylic acids is 1. The Bertz CT molecular complexity index is 2150. The molecule has 0 bridgehead atoms. The van der Waals surface area contributed by atoms with Crippen molar-refractivity contribution < 1.29 is 109 Å². The molecule has 75 heavy (non-hydrogen) atoms. The van der Waals surface area contributed by atoms with E-state index in [2.05, 4.69) is 33.8 Å². The van der Waals surface area contributed by atoms with Gasteiger partial charge in [-0.25, -0.2) is 9.59 Å². The molecule has 3 heterocycles. The minimum absolute atomic E-state index is 0.0835. The molecule has 0 aromatic rings. The molecule has 5 aliphatic carbocycles. The maximum absolute atomic E-state index is 13.4. The lowest BCUT2D eigenvalue weighted by molar-refractivity contribution is -0.396. The van der Waals surface area contributed by atoms with Crippen molar-refractivity contribution in [3.05, 3.63) is 23.3 Å². The highest BCUT2D eigenvalue weighted by atomic mass is 16.8. The molecule has 3 aliphatic heterocycles. The van der Waals surface area contributed by atoms with Crippen molar-refractivity contribution in [2.75, 3.05) is 19.8 Å². The number of allylic oxidation sites excluding steroid dienone is 2. The average Bonchev–Trinajstić information content (AvgIpc) is 3.35. The van der Waals surface area contributed by atoms with Crippen LogP contribution >= 0.6 is 0 Å². The molecule has 13 N–H and O–H groups in total. The lowest BCUT2D eigenvalue weighted by atomic mass is 9.32.